The molecule has 0 aromatic carbocycles. The Bertz CT molecular complexity index is 537. The van der Waals surface area contributed by atoms with Gasteiger partial charge in [0.2, 0.25) is 0 Å². The Morgan fingerprint density at radius 2 is 2.14 bits per heavy atom. The van der Waals surface area contributed by atoms with E-state index in [9.17, 15) is 9.59 Å². The van der Waals surface area contributed by atoms with Crippen LogP contribution >= 0.6 is 11.3 Å². The van der Waals surface area contributed by atoms with Crippen LogP contribution in [0.3, 0.4) is 0 Å². The number of carbonyl (C=O) groups is 2. The van der Waals surface area contributed by atoms with E-state index in [1.54, 1.807) is 0 Å². The van der Waals surface area contributed by atoms with E-state index < -0.39 is 5.97 Å². The molecule has 1 heterocycles. The topological polar surface area (TPSA) is 90.6 Å². The molecule has 116 valence electrons. The number of Topliss-reactive ketones (excluding diaryl/α,β-unsaturated/α-hetero) is 1. The summed E-state index contributed by atoms with van der Waals surface area (Å²) in [6.45, 7) is 3.59. The summed E-state index contributed by atoms with van der Waals surface area (Å²) in [6, 6.07) is 0. The number of ketones is 1. The van der Waals surface area contributed by atoms with Gasteiger partial charge in [-0.15, -0.1) is 11.3 Å². The first-order chi connectivity index (χ1) is 10.1. The molecule has 0 radical (unpaired) electrons. The summed E-state index contributed by atoms with van der Waals surface area (Å²) in [5, 5.41) is 3.67. The van der Waals surface area contributed by atoms with E-state index in [1.165, 1.54) is 18.4 Å². The van der Waals surface area contributed by atoms with Gasteiger partial charge in [-0.25, -0.2) is 4.79 Å². The van der Waals surface area contributed by atoms with Crippen LogP contribution in [-0.4, -0.2) is 38.6 Å². The van der Waals surface area contributed by atoms with Gasteiger partial charge in [-0.1, -0.05) is 0 Å². The molecule has 0 atom stereocenters. The first kappa shape index (κ1) is 15.8. The smallest absolute Gasteiger partial charge is 0.343 e. The van der Waals surface area contributed by atoms with E-state index in [-0.39, 0.29) is 23.0 Å². The minimum absolute atomic E-state index is 0.0283. The monoisotopic (exact) mass is 312 g/mol. The molecular formula is C14H20N2O4S. The Morgan fingerprint density at radius 3 is 2.71 bits per heavy atom. The van der Waals surface area contributed by atoms with Crippen LogP contribution in [-0.2, 0) is 9.47 Å². The summed E-state index contributed by atoms with van der Waals surface area (Å²) in [6.07, 6.45) is 1.80. The van der Waals surface area contributed by atoms with Gasteiger partial charge in [0.05, 0.1) is 24.3 Å². The molecule has 1 aliphatic carbocycles. The zero-order valence-corrected chi connectivity index (χ0v) is 13.0. The van der Waals surface area contributed by atoms with Crippen LogP contribution in [0.15, 0.2) is 0 Å². The fourth-order valence-electron chi connectivity index (χ4n) is 1.97. The number of esters is 1. The molecule has 6 nitrogen and oxygen atoms in total. The molecule has 7 heteroatoms. The van der Waals surface area contributed by atoms with E-state index in [4.69, 9.17) is 15.2 Å². The molecular weight excluding hydrogens is 292 g/mol. The molecule has 0 unspecified atom stereocenters. The standard InChI is InChI=1S/C14H20N2O4S/c1-3-20-7-6-16-13-9(14(18)19-2)10(15)12(21-13)11(17)8-4-5-8/h8,16H,3-7,15H2,1-2H3. The van der Waals surface area contributed by atoms with Crippen molar-refractivity contribution in [2.24, 2.45) is 5.92 Å². The number of hydrogen-bond acceptors (Lipinski definition) is 7. The zero-order valence-electron chi connectivity index (χ0n) is 12.2. The summed E-state index contributed by atoms with van der Waals surface area (Å²) in [5.74, 6) is -0.439. The zero-order chi connectivity index (χ0) is 15.4. The second kappa shape index (κ2) is 6.91. The Hall–Kier alpha value is -1.60. The van der Waals surface area contributed by atoms with Crippen molar-refractivity contribution in [3.8, 4) is 0 Å². The van der Waals surface area contributed by atoms with Gasteiger partial charge in [0.25, 0.3) is 0 Å². The lowest BCUT2D eigenvalue weighted by molar-refractivity contribution is 0.0603. The fourth-order valence-corrected chi connectivity index (χ4v) is 3.12. The van der Waals surface area contributed by atoms with Crippen molar-refractivity contribution in [3.63, 3.8) is 0 Å². The van der Waals surface area contributed by atoms with Gasteiger partial charge in [-0.2, -0.15) is 0 Å². The van der Waals surface area contributed by atoms with Crippen LogP contribution < -0.4 is 11.1 Å². The fraction of sp³-hybridized carbons (Fsp3) is 0.571. The number of methoxy groups -OCH3 is 1. The number of carbonyl (C=O) groups excluding carboxylic acids is 2. The largest absolute Gasteiger partial charge is 0.465 e. The average Bonchev–Trinajstić information content (AvgIpc) is 3.27. The molecule has 1 aromatic heterocycles. The van der Waals surface area contributed by atoms with Gasteiger partial charge in [-0.3, -0.25) is 4.79 Å². The highest BCUT2D eigenvalue weighted by Gasteiger charge is 2.35. The summed E-state index contributed by atoms with van der Waals surface area (Å²) in [4.78, 5) is 24.5. The number of nitrogens with two attached hydrogens (primary N) is 1. The molecule has 1 aliphatic rings. The molecule has 2 rings (SSSR count). The molecule has 0 spiro atoms. The van der Waals surface area contributed by atoms with Gasteiger partial charge in [0, 0.05) is 19.1 Å². The lowest BCUT2D eigenvalue weighted by atomic mass is 10.1. The predicted molar refractivity (Wildman–Crippen MR) is 82.1 cm³/mol. The van der Waals surface area contributed by atoms with E-state index in [0.29, 0.717) is 29.6 Å². The number of hydrogen-bond donors (Lipinski definition) is 2. The molecule has 0 saturated heterocycles. The van der Waals surface area contributed by atoms with Crippen molar-refractivity contribution in [1.82, 2.24) is 0 Å². The van der Waals surface area contributed by atoms with E-state index >= 15 is 0 Å². The summed E-state index contributed by atoms with van der Waals surface area (Å²) >= 11 is 1.22. The maximum atomic E-state index is 12.2. The molecule has 0 amide bonds. The number of rotatable bonds is 8. The molecule has 0 bridgehead atoms. The van der Waals surface area contributed by atoms with Crippen LogP contribution in [0.4, 0.5) is 10.7 Å². The normalized spacial score (nSPS) is 14.0. The molecule has 1 fully saturated rings. The van der Waals surface area contributed by atoms with E-state index in [2.05, 4.69) is 5.32 Å². The lowest BCUT2D eigenvalue weighted by Crippen LogP contribution is -2.12. The Labute approximate surface area is 127 Å². The van der Waals surface area contributed by atoms with Crippen molar-refractivity contribution >= 4 is 33.8 Å². The van der Waals surface area contributed by atoms with Crippen molar-refractivity contribution in [2.75, 3.05) is 37.9 Å². The van der Waals surface area contributed by atoms with Crippen molar-refractivity contribution in [3.05, 3.63) is 10.4 Å². The SMILES string of the molecule is CCOCCNc1sc(C(=O)C2CC2)c(N)c1C(=O)OC. The first-order valence-electron chi connectivity index (χ1n) is 6.96. The third kappa shape index (κ3) is 3.54. The Balaban J connectivity index is 2.21. The van der Waals surface area contributed by atoms with Crippen LogP contribution in [0.5, 0.6) is 0 Å². The molecule has 1 saturated carbocycles. The number of ether oxygens (including phenoxy) is 2. The van der Waals surface area contributed by atoms with Crippen LogP contribution in [0.25, 0.3) is 0 Å². The molecule has 3 N–H and O–H groups in total. The third-order valence-corrected chi connectivity index (χ3v) is 4.42. The first-order valence-corrected chi connectivity index (χ1v) is 7.78. The maximum absolute atomic E-state index is 12.2. The highest BCUT2D eigenvalue weighted by atomic mass is 32.1. The second-order valence-electron chi connectivity index (χ2n) is 4.80. The Morgan fingerprint density at radius 1 is 1.43 bits per heavy atom. The number of anilines is 2. The highest BCUT2D eigenvalue weighted by molar-refractivity contribution is 7.19. The number of nitrogens with one attached hydrogen (secondary N) is 1. The highest BCUT2D eigenvalue weighted by Crippen LogP contribution is 2.41. The summed E-state index contributed by atoms with van der Waals surface area (Å²) in [7, 11) is 1.30. The van der Waals surface area contributed by atoms with Crippen molar-refractivity contribution in [1.29, 1.82) is 0 Å². The molecule has 0 aliphatic heterocycles. The third-order valence-electron chi connectivity index (χ3n) is 3.24. The summed E-state index contributed by atoms with van der Waals surface area (Å²) in [5.41, 5.74) is 6.47. The number of nitrogen functional groups attached to an aromatic ring is 1. The maximum Gasteiger partial charge on any atom is 0.343 e. The van der Waals surface area contributed by atoms with Crippen LogP contribution in [0.2, 0.25) is 0 Å². The van der Waals surface area contributed by atoms with Crippen molar-refractivity contribution < 1.29 is 19.1 Å². The van der Waals surface area contributed by atoms with Gasteiger partial charge < -0.3 is 20.5 Å². The Kier molecular flexibility index (Phi) is 5.19. The summed E-state index contributed by atoms with van der Waals surface area (Å²) < 4.78 is 10.0. The van der Waals surface area contributed by atoms with Gasteiger partial charge in [-0.05, 0) is 19.8 Å². The second-order valence-corrected chi connectivity index (χ2v) is 5.82. The van der Waals surface area contributed by atoms with Crippen molar-refractivity contribution in [2.45, 2.75) is 19.8 Å². The molecule has 21 heavy (non-hydrogen) atoms. The minimum Gasteiger partial charge on any atom is -0.465 e. The number of thiophene rings is 1. The predicted octanol–water partition coefficient (Wildman–Crippen LogP) is 2.16. The molecule has 1 aromatic rings. The van der Waals surface area contributed by atoms with Gasteiger partial charge in [0.15, 0.2) is 5.78 Å². The lowest BCUT2D eigenvalue weighted by Gasteiger charge is -2.06. The van der Waals surface area contributed by atoms with Crippen LogP contribution in [0.1, 0.15) is 39.8 Å². The van der Waals surface area contributed by atoms with Gasteiger partial charge in [0.1, 0.15) is 10.6 Å². The minimum atomic E-state index is -0.530. The van der Waals surface area contributed by atoms with E-state index in [1.807, 2.05) is 6.92 Å². The van der Waals surface area contributed by atoms with E-state index in [0.717, 1.165) is 12.8 Å². The van der Waals surface area contributed by atoms with Crippen LogP contribution in [0, 0.1) is 5.92 Å². The van der Waals surface area contributed by atoms with Gasteiger partial charge >= 0.3 is 5.97 Å². The average molecular weight is 312 g/mol. The quantitative estimate of drug-likeness (QED) is 0.434.